The molecule has 1 atom stereocenters. The first-order valence-corrected chi connectivity index (χ1v) is 10.3. The molecule has 0 bridgehead atoms. The summed E-state index contributed by atoms with van der Waals surface area (Å²) < 4.78 is 7.14. The zero-order valence-electron chi connectivity index (χ0n) is 16.6. The normalized spacial score (nSPS) is 16.5. The molecule has 1 aromatic heterocycles. The van der Waals surface area contributed by atoms with Gasteiger partial charge in [-0.3, -0.25) is 9.36 Å². The maximum absolute atomic E-state index is 13.3. The van der Waals surface area contributed by atoms with Gasteiger partial charge < -0.3 is 4.74 Å². The van der Waals surface area contributed by atoms with Crippen molar-refractivity contribution in [1.29, 1.82) is 0 Å². The molecule has 1 unspecified atom stereocenters. The Bertz CT molecular complexity index is 1320. The van der Waals surface area contributed by atoms with E-state index in [4.69, 9.17) is 4.74 Å². The first kappa shape index (κ1) is 19.8. The number of nitrogens with zero attached hydrogens (tertiary/aromatic N) is 2. The lowest BCUT2D eigenvalue weighted by Crippen LogP contribution is -2.39. The van der Waals surface area contributed by atoms with Crippen LogP contribution in [0.4, 0.5) is 0 Å². The summed E-state index contributed by atoms with van der Waals surface area (Å²) in [6.45, 7) is 1.77. The fourth-order valence-corrected chi connectivity index (χ4v) is 4.47. The van der Waals surface area contributed by atoms with Crippen LogP contribution in [0.1, 0.15) is 24.1 Å². The Hall–Kier alpha value is -3.51. The van der Waals surface area contributed by atoms with E-state index in [1.165, 1.54) is 18.4 Å². The molecule has 30 heavy (non-hydrogen) atoms. The molecule has 0 spiro atoms. The predicted molar refractivity (Wildman–Crippen MR) is 119 cm³/mol. The second-order valence-electron chi connectivity index (χ2n) is 6.78. The third kappa shape index (κ3) is 3.69. The molecule has 3 aromatic rings. The topological polar surface area (TPSA) is 60.7 Å². The number of hydrogen-bond acceptors (Lipinski definition) is 5. The molecule has 2 heterocycles. The van der Waals surface area contributed by atoms with Crippen LogP contribution in [0.15, 0.2) is 87.8 Å². The zero-order valence-corrected chi connectivity index (χ0v) is 17.4. The van der Waals surface area contributed by atoms with E-state index in [0.29, 0.717) is 20.6 Å². The van der Waals surface area contributed by atoms with Crippen LogP contribution in [0.3, 0.4) is 0 Å². The lowest BCUT2D eigenvalue weighted by Gasteiger charge is -2.24. The molecule has 4 rings (SSSR count). The van der Waals surface area contributed by atoms with E-state index in [1.54, 1.807) is 17.6 Å². The fourth-order valence-electron chi connectivity index (χ4n) is 3.47. The second-order valence-corrected chi connectivity index (χ2v) is 7.79. The van der Waals surface area contributed by atoms with Crippen molar-refractivity contribution in [2.75, 3.05) is 7.11 Å². The minimum Gasteiger partial charge on any atom is -0.466 e. The van der Waals surface area contributed by atoms with Crippen molar-refractivity contribution >= 4 is 29.5 Å². The molecule has 0 amide bonds. The van der Waals surface area contributed by atoms with Gasteiger partial charge in [-0.1, -0.05) is 84.2 Å². The highest BCUT2D eigenvalue weighted by atomic mass is 32.1. The monoisotopic (exact) mass is 416 g/mol. The van der Waals surface area contributed by atoms with Crippen molar-refractivity contribution in [2.24, 2.45) is 4.99 Å². The summed E-state index contributed by atoms with van der Waals surface area (Å²) in [6, 6.07) is 18.8. The first-order chi connectivity index (χ1) is 14.6. The van der Waals surface area contributed by atoms with E-state index < -0.39 is 12.0 Å². The Balaban J connectivity index is 1.87. The van der Waals surface area contributed by atoms with Gasteiger partial charge in [0.2, 0.25) is 0 Å². The summed E-state index contributed by atoms with van der Waals surface area (Å²) in [7, 11) is 1.34. The Morgan fingerprint density at radius 3 is 2.43 bits per heavy atom. The summed E-state index contributed by atoms with van der Waals surface area (Å²) in [5.74, 6) is -0.483. The van der Waals surface area contributed by atoms with E-state index >= 15 is 0 Å². The van der Waals surface area contributed by atoms with Gasteiger partial charge in [0, 0.05) is 0 Å². The number of rotatable bonds is 4. The first-order valence-electron chi connectivity index (χ1n) is 9.47. The van der Waals surface area contributed by atoms with Crippen LogP contribution in [-0.2, 0) is 9.53 Å². The van der Waals surface area contributed by atoms with Gasteiger partial charge >= 0.3 is 5.97 Å². The number of esters is 1. The van der Waals surface area contributed by atoms with Gasteiger partial charge in [0.1, 0.15) is 0 Å². The maximum atomic E-state index is 13.3. The Morgan fingerprint density at radius 1 is 1.10 bits per heavy atom. The summed E-state index contributed by atoms with van der Waals surface area (Å²) in [5, 5.41) is 0. The van der Waals surface area contributed by atoms with Gasteiger partial charge in [0.15, 0.2) is 4.80 Å². The summed E-state index contributed by atoms with van der Waals surface area (Å²) in [6.07, 6.45) is 5.58. The summed E-state index contributed by atoms with van der Waals surface area (Å²) in [5.41, 5.74) is 2.64. The van der Waals surface area contributed by atoms with Crippen molar-refractivity contribution < 1.29 is 9.53 Å². The molecular weight excluding hydrogens is 396 g/mol. The third-order valence-electron chi connectivity index (χ3n) is 4.88. The van der Waals surface area contributed by atoms with Crippen LogP contribution in [-0.4, -0.2) is 17.6 Å². The van der Waals surface area contributed by atoms with Gasteiger partial charge in [-0.05, 0) is 24.1 Å². The Kier molecular flexibility index (Phi) is 5.59. The standard InChI is InChI=1S/C24H20N2O3S/c1-16-20(23(28)29-2)21(18-13-7-4-8-14-18)26-22(27)19(30-24(26)25-16)15-9-12-17-10-5-3-6-11-17/h3-15,21H,1-2H3/b12-9+,19-15-. The highest BCUT2D eigenvalue weighted by molar-refractivity contribution is 7.07. The second kappa shape index (κ2) is 8.47. The van der Waals surface area contributed by atoms with Gasteiger partial charge in [-0.25, -0.2) is 9.79 Å². The maximum Gasteiger partial charge on any atom is 0.338 e. The lowest BCUT2D eigenvalue weighted by molar-refractivity contribution is -0.136. The molecule has 0 N–H and O–H groups in total. The fraction of sp³-hybridized carbons (Fsp3) is 0.125. The number of fused-ring (bicyclic) bond motifs is 1. The molecule has 1 aliphatic rings. The Morgan fingerprint density at radius 2 is 1.77 bits per heavy atom. The Labute approximate surface area is 177 Å². The molecule has 0 radical (unpaired) electrons. The smallest absolute Gasteiger partial charge is 0.338 e. The van der Waals surface area contributed by atoms with Crippen molar-refractivity contribution in [3.8, 4) is 0 Å². The molecule has 150 valence electrons. The van der Waals surface area contributed by atoms with Gasteiger partial charge in [0.05, 0.1) is 29.0 Å². The number of ether oxygens (including phenoxy) is 1. The molecule has 6 heteroatoms. The summed E-state index contributed by atoms with van der Waals surface area (Å²) >= 11 is 1.31. The molecule has 0 fully saturated rings. The highest BCUT2D eigenvalue weighted by Crippen LogP contribution is 2.30. The van der Waals surface area contributed by atoms with Gasteiger partial charge in [-0.15, -0.1) is 0 Å². The number of methoxy groups -OCH3 is 1. The van der Waals surface area contributed by atoms with E-state index in [2.05, 4.69) is 4.99 Å². The quantitative estimate of drug-likeness (QED) is 0.614. The number of carbonyl (C=O) groups is 1. The third-order valence-corrected chi connectivity index (χ3v) is 5.88. The number of hydrogen-bond donors (Lipinski definition) is 0. The van der Waals surface area contributed by atoms with Crippen LogP contribution in [0.5, 0.6) is 0 Å². The molecule has 0 aliphatic carbocycles. The lowest BCUT2D eigenvalue weighted by atomic mass is 9.96. The molecule has 0 saturated carbocycles. The van der Waals surface area contributed by atoms with Crippen molar-refractivity contribution in [1.82, 2.24) is 4.57 Å². The zero-order chi connectivity index (χ0) is 21.1. The van der Waals surface area contributed by atoms with Crippen molar-refractivity contribution in [2.45, 2.75) is 13.0 Å². The SMILES string of the molecule is COC(=O)C1=C(C)N=c2s/c(=C\C=C\c3ccccc3)c(=O)n2C1c1ccccc1. The number of benzene rings is 2. The average Bonchev–Trinajstić information content (AvgIpc) is 3.08. The minimum atomic E-state index is -0.574. The molecule has 0 saturated heterocycles. The van der Waals surface area contributed by atoms with Gasteiger partial charge in [0.25, 0.3) is 5.56 Å². The molecule has 5 nitrogen and oxygen atoms in total. The summed E-state index contributed by atoms with van der Waals surface area (Å²) in [4.78, 5) is 30.9. The number of aromatic nitrogens is 1. The molecule has 2 aromatic carbocycles. The van der Waals surface area contributed by atoms with Gasteiger partial charge in [-0.2, -0.15) is 0 Å². The van der Waals surface area contributed by atoms with Crippen molar-refractivity contribution in [3.05, 3.63) is 109 Å². The number of allylic oxidation sites excluding steroid dienone is 2. The molecular formula is C24H20N2O3S. The van der Waals surface area contributed by atoms with Crippen LogP contribution < -0.4 is 14.9 Å². The van der Waals surface area contributed by atoms with E-state index in [0.717, 1.165) is 11.1 Å². The number of thiazole rings is 1. The minimum absolute atomic E-state index is 0.181. The average molecular weight is 417 g/mol. The van der Waals surface area contributed by atoms with Crippen LogP contribution in [0.2, 0.25) is 0 Å². The van der Waals surface area contributed by atoms with E-state index in [9.17, 15) is 9.59 Å². The molecule has 1 aliphatic heterocycles. The van der Waals surface area contributed by atoms with Crippen LogP contribution >= 0.6 is 11.3 Å². The highest BCUT2D eigenvalue weighted by Gasteiger charge is 2.32. The van der Waals surface area contributed by atoms with E-state index in [1.807, 2.05) is 72.8 Å². The van der Waals surface area contributed by atoms with E-state index in [-0.39, 0.29) is 5.56 Å². The van der Waals surface area contributed by atoms with Crippen molar-refractivity contribution in [3.63, 3.8) is 0 Å². The predicted octanol–water partition coefficient (Wildman–Crippen LogP) is 3.07. The largest absolute Gasteiger partial charge is 0.466 e. The van der Waals surface area contributed by atoms with Crippen LogP contribution in [0.25, 0.3) is 12.2 Å². The van der Waals surface area contributed by atoms with Crippen LogP contribution in [0, 0.1) is 0 Å². The number of carbonyl (C=O) groups excluding carboxylic acids is 1.